The minimum atomic E-state index is -1.18. The van der Waals surface area contributed by atoms with E-state index in [9.17, 15) is 29.4 Å². The number of hydrogen-bond acceptors (Lipinski definition) is 4. The molecule has 0 aliphatic rings. The second kappa shape index (κ2) is 11.2. The average molecular weight is 539 g/mol. The van der Waals surface area contributed by atoms with Crippen LogP contribution in [-0.4, -0.2) is 56.0 Å². The predicted octanol–water partition coefficient (Wildman–Crippen LogP) is 3.50. The monoisotopic (exact) mass is 538 g/mol. The van der Waals surface area contributed by atoms with Crippen molar-refractivity contribution in [1.82, 2.24) is 20.6 Å². The van der Waals surface area contributed by atoms with E-state index in [1.165, 1.54) is 24.3 Å². The van der Waals surface area contributed by atoms with Crippen LogP contribution in [0.2, 0.25) is 0 Å². The molecular weight excluding hydrogens is 512 g/mol. The SMILES string of the molecule is O=C(N[C@H](Cc1c[nH]c2ccccc12)C(=O)O)c1ccc(C(=O)N[C@H](Cc2c[nH]c3ccccc23)C(=O)O)cc1. The molecule has 0 unspecified atom stereocenters. The predicted molar refractivity (Wildman–Crippen MR) is 148 cm³/mol. The lowest BCUT2D eigenvalue weighted by Crippen LogP contribution is -2.42. The van der Waals surface area contributed by atoms with Gasteiger partial charge in [0.15, 0.2) is 0 Å². The minimum Gasteiger partial charge on any atom is -0.480 e. The van der Waals surface area contributed by atoms with Gasteiger partial charge in [-0.1, -0.05) is 36.4 Å². The summed E-state index contributed by atoms with van der Waals surface area (Å²) in [5.74, 6) is -3.57. The first-order valence-electron chi connectivity index (χ1n) is 12.6. The molecule has 2 aromatic heterocycles. The smallest absolute Gasteiger partial charge is 0.326 e. The van der Waals surface area contributed by atoms with Gasteiger partial charge in [0, 0.05) is 58.2 Å². The summed E-state index contributed by atoms with van der Waals surface area (Å²) in [5.41, 5.74) is 3.58. The molecular formula is C30H26N4O6. The number of aliphatic carboxylic acids is 2. The van der Waals surface area contributed by atoms with E-state index < -0.39 is 35.8 Å². The Balaban J connectivity index is 1.24. The normalized spacial score (nSPS) is 12.6. The summed E-state index contributed by atoms with van der Waals surface area (Å²) >= 11 is 0. The third kappa shape index (κ3) is 5.56. The number of carbonyl (C=O) groups is 4. The lowest BCUT2D eigenvalue weighted by molar-refractivity contribution is -0.140. The zero-order valence-electron chi connectivity index (χ0n) is 21.2. The van der Waals surface area contributed by atoms with Gasteiger partial charge in [-0.15, -0.1) is 0 Å². The van der Waals surface area contributed by atoms with Gasteiger partial charge in [0.2, 0.25) is 0 Å². The van der Waals surface area contributed by atoms with Crippen molar-refractivity contribution in [3.05, 3.63) is 107 Å². The van der Waals surface area contributed by atoms with Crippen molar-refractivity contribution in [1.29, 1.82) is 0 Å². The molecule has 5 rings (SSSR count). The van der Waals surface area contributed by atoms with Gasteiger partial charge in [-0.3, -0.25) is 9.59 Å². The van der Waals surface area contributed by atoms with Crippen LogP contribution in [0.15, 0.2) is 85.2 Å². The van der Waals surface area contributed by atoms with E-state index in [0.29, 0.717) is 0 Å². The second-order valence-electron chi connectivity index (χ2n) is 9.43. The minimum absolute atomic E-state index is 0.0819. The van der Waals surface area contributed by atoms with Crippen molar-refractivity contribution < 1.29 is 29.4 Å². The quantitative estimate of drug-likeness (QED) is 0.159. The summed E-state index contributed by atoms with van der Waals surface area (Å²) < 4.78 is 0. The van der Waals surface area contributed by atoms with E-state index in [1.54, 1.807) is 12.4 Å². The maximum atomic E-state index is 12.8. The summed E-state index contributed by atoms with van der Waals surface area (Å²) in [6.45, 7) is 0. The third-order valence-corrected chi connectivity index (χ3v) is 6.81. The Morgan fingerprint density at radius 3 is 1.35 bits per heavy atom. The zero-order valence-corrected chi connectivity index (χ0v) is 21.2. The number of fused-ring (bicyclic) bond motifs is 2. The van der Waals surface area contributed by atoms with Crippen LogP contribution in [-0.2, 0) is 22.4 Å². The number of para-hydroxylation sites is 2. The molecule has 2 atom stereocenters. The Labute approximate surface area is 228 Å². The van der Waals surface area contributed by atoms with Crippen LogP contribution in [0.25, 0.3) is 21.8 Å². The molecule has 2 heterocycles. The molecule has 0 saturated carbocycles. The van der Waals surface area contributed by atoms with Crippen molar-refractivity contribution in [3.63, 3.8) is 0 Å². The molecule has 0 spiro atoms. The van der Waals surface area contributed by atoms with E-state index in [0.717, 1.165) is 32.9 Å². The van der Waals surface area contributed by atoms with Crippen LogP contribution in [0.1, 0.15) is 31.8 Å². The number of benzene rings is 3. The molecule has 0 bridgehead atoms. The van der Waals surface area contributed by atoms with Crippen molar-refractivity contribution in [2.75, 3.05) is 0 Å². The molecule has 40 heavy (non-hydrogen) atoms. The lowest BCUT2D eigenvalue weighted by atomic mass is 10.0. The number of rotatable bonds is 10. The number of aromatic amines is 2. The van der Waals surface area contributed by atoms with Gasteiger partial charge in [-0.2, -0.15) is 0 Å². The summed E-state index contributed by atoms with van der Waals surface area (Å²) in [6.07, 6.45) is 3.61. The first-order valence-corrected chi connectivity index (χ1v) is 12.6. The molecule has 202 valence electrons. The standard InChI is InChI=1S/C30H26N4O6/c35-27(33-25(29(37)38)13-19-15-31-23-7-3-1-5-21(19)23)17-9-11-18(12-10-17)28(36)34-26(30(39)40)14-20-16-32-24-8-4-2-6-22(20)24/h1-12,15-16,25-26,31-32H,13-14H2,(H,33,35)(H,34,36)(H,37,38)(H,39,40)/t25-,26-/m1/s1. The highest BCUT2D eigenvalue weighted by Gasteiger charge is 2.24. The Morgan fingerprint density at radius 1 is 0.600 bits per heavy atom. The summed E-state index contributed by atoms with van der Waals surface area (Å²) in [5, 5.41) is 26.2. The summed E-state index contributed by atoms with van der Waals surface area (Å²) in [4.78, 5) is 55.6. The average Bonchev–Trinajstić information content (AvgIpc) is 3.56. The van der Waals surface area contributed by atoms with Gasteiger partial charge in [0.1, 0.15) is 12.1 Å². The number of hydrogen-bond donors (Lipinski definition) is 6. The Kier molecular flexibility index (Phi) is 7.32. The Hall–Kier alpha value is -5.38. The maximum Gasteiger partial charge on any atom is 0.326 e. The first-order chi connectivity index (χ1) is 19.3. The summed E-state index contributed by atoms with van der Waals surface area (Å²) in [7, 11) is 0. The highest BCUT2D eigenvalue weighted by Crippen LogP contribution is 2.21. The molecule has 2 amide bonds. The van der Waals surface area contributed by atoms with E-state index in [4.69, 9.17) is 0 Å². The number of carboxylic acid groups (broad SMARTS) is 2. The van der Waals surface area contributed by atoms with Crippen LogP contribution >= 0.6 is 0 Å². The zero-order chi connectivity index (χ0) is 28.2. The lowest BCUT2D eigenvalue weighted by Gasteiger charge is -2.15. The number of carbonyl (C=O) groups excluding carboxylic acids is 2. The van der Waals surface area contributed by atoms with Gasteiger partial charge >= 0.3 is 11.9 Å². The van der Waals surface area contributed by atoms with E-state index in [1.807, 2.05) is 48.5 Å². The van der Waals surface area contributed by atoms with E-state index >= 15 is 0 Å². The highest BCUT2D eigenvalue weighted by atomic mass is 16.4. The van der Waals surface area contributed by atoms with Crippen LogP contribution in [0.5, 0.6) is 0 Å². The van der Waals surface area contributed by atoms with Crippen LogP contribution in [0, 0.1) is 0 Å². The molecule has 5 aromatic rings. The van der Waals surface area contributed by atoms with Crippen molar-refractivity contribution in [3.8, 4) is 0 Å². The molecule has 0 saturated heterocycles. The van der Waals surface area contributed by atoms with Crippen molar-refractivity contribution in [2.45, 2.75) is 24.9 Å². The number of aromatic nitrogens is 2. The highest BCUT2D eigenvalue weighted by molar-refractivity contribution is 6.00. The molecule has 0 aliphatic heterocycles. The Morgan fingerprint density at radius 2 is 0.975 bits per heavy atom. The number of amides is 2. The number of carboxylic acids is 2. The first kappa shape index (κ1) is 26.2. The number of H-pyrrole nitrogens is 2. The van der Waals surface area contributed by atoms with Gasteiger partial charge in [-0.05, 0) is 47.5 Å². The fourth-order valence-corrected chi connectivity index (χ4v) is 4.70. The largest absolute Gasteiger partial charge is 0.480 e. The fraction of sp³-hybridized carbons (Fsp3) is 0.133. The summed E-state index contributed by atoms with van der Waals surface area (Å²) in [6, 6.07) is 18.2. The van der Waals surface area contributed by atoms with Gasteiger partial charge < -0.3 is 30.8 Å². The third-order valence-electron chi connectivity index (χ3n) is 6.81. The van der Waals surface area contributed by atoms with E-state index in [-0.39, 0.29) is 24.0 Å². The molecule has 6 N–H and O–H groups in total. The van der Waals surface area contributed by atoms with Gasteiger partial charge in [-0.25, -0.2) is 9.59 Å². The molecule has 3 aromatic carbocycles. The molecule has 10 nitrogen and oxygen atoms in total. The molecule has 0 aliphatic carbocycles. The molecule has 10 heteroatoms. The molecule has 0 fully saturated rings. The maximum absolute atomic E-state index is 12.8. The number of nitrogens with one attached hydrogen (secondary N) is 4. The second-order valence-corrected chi connectivity index (χ2v) is 9.43. The molecule has 0 radical (unpaired) electrons. The van der Waals surface area contributed by atoms with E-state index in [2.05, 4.69) is 20.6 Å². The van der Waals surface area contributed by atoms with Crippen LogP contribution in [0.3, 0.4) is 0 Å². The van der Waals surface area contributed by atoms with Gasteiger partial charge in [0.05, 0.1) is 0 Å². The van der Waals surface area contributed by atoms with Crippen molar-refractivity contribution in [2.24, 2.45) is 0 Å². The van der Waals surface area contributed by atoms with Gasteiger partial charge in [0.25, 0.3) is 11.8 Å². The Bertz CT molecular complexity index is 1590. The topological polar surface area (TPSA) is 164 Å². The van der Waals surface area contributed by atoms with Crippen LogP contribution < -0.4 is 10.6 Å². The van der Waals surface area contributed by atoms with Crippen LogP contribution in [0.4, 0.5) is 0 Å². The fourth-order valence-electron chi connectivity index (χ4n) is 4.70. The van der Waals surface area contributed by atoms with Crippen molar-refractivity contribution >= 4 is 45.6 Å².